The maximum Gasteiger partial charge on any atom is 0.409 e. The number of β-amino-alcohol motifs (C(OH)–C–C–N with tert-alkyl or cyclic N) is 1. The number of carbonyl (C=O) groups excluding carboxylic acids is 1. The summed E-state index contributed by atoms with van der Waals surface area (Å²) in [5, 5.41) is 12.6. The topological polar surface area (TPSA) is 123 Å². The fourth-order valence-corrected chi connectivity index (χ4v) is 8.43. The van der Waals surface area contributed by atoms with Crippen molar-refractivity contribution in [3.63, 3.8) is 0 Å². The van der Waals surface area contributed by atoms with Crippen molar-refractivity contribution in [3.05, 3.63) is 47.7 Å². The lowest BCUT2D eigenvalue weighted by Gasteiger charge is -2.38. The number of fused-ring (bicyclic) bond motifs is 3. The van der Waals surface area contributed by atoms with Gasteiger partial charge >= 0.3 is 12.1 Å². The average Bonchev–Trinajstić information content (AvgIpc) is 3.71. The summed E-state index contributed by atoms with van der Waals surface area (Å²) in [7, 11) is 4.83. The number of halogens is 2. The molecule has 7 rings (SSSR count). The van der Waals surface area contributed by atoms with E-state index in [-0.39, 0.29) is 54.8 Å². The lowest BCUT2D eigenvalue weighted by molar-refractivity contribution is 0.0442. The van der Waals surface area contributed by atoms with Gasteiger partial charge in [-0.05, 0) is 92.9 Å². The van der Waals surface area contributed by atoms with Gasteiger partial charge in [0.25, 0.3) is 0 Å². The fourth-order valence-electron chi connectivity index (χ4n) is 8.43. The van der Waals surface area contributed by atoms with E-state index in [2.05, 4.69) is 14.9 Å². The summed E-state index contributed by atoms with van der Waals surface area (Å²) in [4.78, 5) is 32.0. The van der Waals surface area contributed by atoms with E-state index in [1.165, 1.54) is 18.1 Å². The molecule has 3 atom stereocenters. The van der Waals surface area contributed by atoms with Crippen molar-refractivity contribution in [1.82, 2.24) is 24.8 Å². The quantitative estimate of drug-likeness (QED) is 0.180. The van der Waals surface area contributed by atoms with Crippen molar-refractivity contribution < 1.29 is 37.6 Å². The van der Waals surface area contributed by atoms with Crippen molar-refractivity contribution in [3.8, 4) is 23.0 Å². The van der Waals surface area contributed by atoms with Gasteiger partial charge in [0.2, 0.25) is 0 Å². The Morgan fingerprint density at radius 2 is 1.91 bits per heavy atom. The summed E-state index contributed by atoms with van der Waals surface area (Å²) in [6, 6.07) is 6.55. The molecule has 14 heteroatoms. The summed E-state index contributed by atoms with van der Waals surface area (Å²) in [5.41, 5.74) is -0.479. The summed E-state index contributed by atoms with van der Waals surface area (Å²) in [5.74, 6) is -0.263. The molecule has 284 valence electrons. The highest BCUT2D eigenvalue weighted by Crippen LogP contribution is 2.44. The van der Waals surface area contributed by atoms with Gasteiger partial charge in [0, 0.05) is 52.1 Å². The SMILES string of the molecule is CCc1c(F)ccc2cc(OCOC)cc(-c3ncc4c(N5CCC[C@@](C)(O)C5)nc(OC[C@]56CCCN5[C@H](COC(=O)N(C)C)CC6)nc4c3F)c12. The van der Waals surface area contributed by atoms with Gasteiger partial charge in [0.1, 0.15) is 41.8 Å². The number of amides is 1. The maximum absolute atomic E-state index is 17.2. The molecule has 2 aromatic heterocycles. The summed E-state index contributed by atoms with van der Waals surface area (Å²) in [6.45, 7) is 5.91. The van der Waals surface area contributed by atoms with Crippen molar-refractivity contribution in [2.45, 2.75) is 76.0 Å². The van der Waals surface area contributed by atoms with E-state index in [1.54, 1.807) is 45.4 Å². The molecule has 0 unspecified atom stereocenters. The number of piperidine rings is 1. The molecule has 2 aromatic carbocycles. The molecule has 1 amide bonds. The van der Waals surface area contributed by atoms with Crippen LogP contribution in [0.2, 0.25) is 0 Å². The van der Waals surface area contributed by atoms with Crippen LogP contribution in [0.4, 0.5) is 19.4 Å². The summed E-state index contributed by atoms with van der Waals surface area (Å²) < 4.78 is 55.3. The van der Waals surface area contributed by atoms with Gasteiger partial charge in [0.15, 0.2) is 12.6 Å². The highest BCUT2D eigenvalue weighted by molar-refractivity contribution is 6.01. The van der Waals surface area contributed by atoms with Crippen LogP contribution in [0.1, 0.15) is 57.9 Å². The first-order valence-corrected chi connectivity index (χ1v) is 18.4. The number of aromatic nitrogens is 3. The number of rotatable bonds is 11. The number of ether oxygens (including phenoxy) is 4. The Morgan fingerprint density at radius 3 is 2.66 bits per heavy atom. The Hall–Kier alpha value is -4.40. The zero-order chi connectivity index (χ0) is 37.5. The maximum atomic E-state index is 17.2. The van der Waals surface area contributed by atoms with E-state index in [1.807, 2.05) is 11.8 Å². The molecule has 0 bridgehead atoms. The smallest absolute Gasteiger partial charge is 0.409 e. The first-order chi connectivity index (χ1) is 25.4. The van der Waals surface area contributed by atoms with Crippen molar-refractivity contribution in [2.24, 2.45) is 0 Å². The standard InChI is InChI=1S/C39H48F2N6O6/c1-6-27-30(40)10-9-24-17-26(53-23-50-5)18-28(31(24)27)33-32(41)34-29(19-42-33)35(46-15-7-12-38(2,49)21-46)44-36(43-34)52-22-39-13-8-16-47(39)25(11-14-39)20-51-37(48)45(3)4/h9-10,17-19,25,49H,6-8,11-16,20-23H2,1-5H3/t25-,38+,39+/m0/s1. The van der Waals surface area contributed by atoms with E-state index in [0.29, 0.717) is 71.3 Å². The Bertz CT molecular complexity index is 2010. The molecule has 3 aliphatic heterocycles. The second-order valence-corrected chi connectivity index (χ2v) is 15.0. The van der Waals surface area contributed by atoms with Gasteiger partial charge in [-0.25, -0.2) is 13.6 Å². The Kier molecular flexibility index (Phi) is 10.3. The molecular formula is C39H48F2N6O6. The number of aliphatic hydroxyl groups is 1. The first-order valence-electron chi connectivity index (χ1n) is 18.4. The predicted molar refractivity (Wildman–Crippen MR) is 196 cm³/mol. The van der Waals surface area contributed by atoms with Gasteiger partial charge in [-0.15, -0.1) is 0 Å². The Morgan fingerprint density at radius 1 is 1.09 bits per heavy atom. The normalized spacial score (nSPS) is 23.1. The first kappa shape index (κ1) is 36.9. The van der Waals surface area contributed by atoms with Crippen LogP contribution in [0.5, 0.6) is 11.8 Å². The van der Waals surface area contributed by atoms with Crippen LogP contribution in [-0.4, -0.2) is 114 Å². The van der Waals surface area contributed by atoms with E-state index < -0.39 is 17.2 Å². The number of anilines is 1. The molecular weight excluding hydrogens is 686 g/mol. The molecule has 3 fully saturated rings. The summed E-state index contributed by atoms with van der Waals surface area (Å²) >= 11 is 0. The number of aryl methyl sites for hydroxylation is 1. The second-order valence-electron chi connectivity index (χ2n) is 15.0. The molecule has 3 aliphatic rings. The van der Waals surface area contributed by atoms with Crippen LogP contribution in [-0.2, 0) is 15.9 Å². The number of hydrogen-bond donors (Lipinski definition) is 1. The molecule has 53 heavy (non-hydrogen) atoms. The highest BCUT2D eigenvalue weighted by atomic mass is 19.1. The van der Waals surface area contributed by atoms with Crippen molar-refractivity contribution in [2.75, 3.05) is 65.7 Å². The minimum absolute atomic E-state index is 0.00621. The molecule has 0 aliphatic carbocycles. The third kappa shape index (κ3) is 7.16. The molecule has 4 aromatic rings. The molecule has 12 nitrogen and oxygen atoms in total. The van der Waals surface area contributed by atoms with Crippen molar-refractivity contribution in [1.29, 1.82) is 0 Å². The second kappa shape index (κ2) is 14.8. The molecule has 5 heterocycles. The molecule has 0 saturated carbocycles. The van der Waals surface area contributed by atoms with E-state index in [0.717, 1.165) is 32.2 Å². The summed E-state index contributed by atoms with van der Waals surface area (Å²) in [6.07, 6.45) is 6.45. The van der Waals surface area contributed by atoms with Gasteiger partial charge in [0.05, 0.1) is 16.5 Å². The monoisotopic (exact) mass is 734 g/mol. The number of carbonyl (C=O) groups is 1. The highest BCUT2D eigenvalue weighted by Gasteiger charge is 2.50. The molecule has 0 spiro atoms. The third-order valence-corrected chi connectivity index (χ3v) is 11.0. The van der Waals surface area contributed by atoms with Gasteiger partial charge in [-0.3, -0.25) is 9.88 Å². The predicted octanol–water partition coefficient (Wildman–Crippen LogP) is 6.09. The van der Waals surface area contributed by atoms with Crippen LogP contribution in [0.3, 0.4) is 0 Å². The Labute approximate surface area is 308 Å². The largest absolute Gasteiger partial charge is 0.468 e. The zero-order valence-corrected chi connectivity index (χ0v) is 31.1. The molecule has 1 N–H and O–H groups in total. The van der Waals surface area contributed by atoms with Crippen LogP contribution in [0.25, 0.3) is 32.9 Å². The van der Waals surface area contributed by atoms with Gasteiger partial charge in [-0.1, -0.05) is 13.0 Å². The number of methoxy groups -OCH3 is 1. The Balaban J connectivity index is 1.30. The lowest BCUT2D eigenvalue weighted by Crippen LogP contribution is -2.48. The van der Waals surface area contributed by atoms with E-state index >= 15 is 8.78 Å². The van der Waals surface area contributed by atoms with E-state index in [9.17, 15) is 9.90 Å². The number of hydrogen-bond acceptors (Lipinski definition) is 11. The molecule has 0 radical (unpaired) electrons. The van der Waals surface area contributed by atoms with Crippen molar-refractivity contribution >= 4 is 33.6 Å². The fraction of sp³-hybridized carbons (Fsp3) is 0.538. The minimum atomic E-state index is -0.969. The van der Waals surface area contributed by atoms with Gasteiger partial charge < -0.3 is 33.9 Å². The zero-order valence-electron chi connectivity index (χ0n) is 31.1. The van der Waals surface area contributed by atoms with Crippen LogP contribution >= 0.6 is 0 Å². The number of benzene rings is 2. The number of nitrogens with zero attached hydrogens (tertiary/aromatic N) is 6. The van der Waals surface area contributed by atoms with Crippen LogP contribution in [0.15, 0.2) is 30.5 Å². The van der Waals surface area contributed by atoms with Gasteiger partial charge in [-0.2, -0.15) is 9.97 Å². The molecule has 3 saturated heterocycles. The number of pyridine rings is 1. The van der Waals surface area contributed by atoms with Crippen LogP contribution in [0, 0.1) is 11.6 Å². The minimum Gasteiger partial charge on any atom is -0.468 e. The van der Waals surface area contributed by atoms with Crippen LogP contribution < -0.4 is 14.4 Å². The average molecular weight is 735 g/mol. The third-order valence-electron chi connectivity index (χ3n) is 11.0. The van der Waals surface area contributed by atoms with E-state index in [4.69, 9.17) is 23.9 Å². The lowest BCUT2D eigenvalue weighted by atomic mass is 9.94.